The highest BCUT2D eigenvalue weighted by Crippen LogP contribution is 2.48. The SMILES string of the molecule is CC(NC(=O)CNC(=O)CN1C[C@@H]2CCC[C@@]2(C(=O)O)C1)c1ccc(F)cc1.Cl. The molecule has 2 fully saturated rings. The number of carbonyl (C=O) groups excluding carboxylic acids is 2. The fourth-order valence-corrected chi connectivity index (χ4v) is 4.43. The zero-order valence-corrected chi connectivity index (χ0v) is 17.1. The van der Waals surface area contributed by atoms with Gasteiger partial charge in [0.1, 0.15) is 5.82 Å². The summed E-state index contributed by atoms with van der Waals surface area (Å²) in [6, 6.07) is 5.55. The van der Waals surface area contributed by atoms with Crippen molar-refractivity contribution in [2.75, 3.05) is 26.2 Å². The Kier molecular flexibility index (Phi) is 7.60. The minimum Gasteiger partial charge on any atom is -0.481 e. The average Bonchev–Trinajstić information content (AvgIpc) is 3.18. The number of halogens is 2. The third-order valence-electron chi connectivity index (χ3n) is 5.93. The van der Waals surface area contributed by atoms with Crippen molar-refractivity contribution in [1.82, 2.24) is 15.5 Å². The smallest absolute Gasteiger partial charge is 0.311 e. The Balaban J connectivity index is 0.00000300. The summed E-state index contributed by atoms with van der Waals surface area (Å²) in [5, 5.41) is 14.9. The van der Waals surface area contributed by atoms with Crippen LogP contribution in [0.5, 0.6) is 0 Å². The van der Waals surface area contributed by atoms with Gasteiger partial charge in [0.25, 0.3) is 0 Å². The number of amides is 2. The number of aliphatic carboxylic acids is 1. The van der Waals surface area contributed by atoms with E-state index in [0.717, 1.165) is 18.4 Å². The zero-order chi connectivity index (χ0) is 20.3. The molecule has 1 heterocycles. The van der Waals surface area contributed by atoms with Gasteiger partial charge in [-0.15, -0.1) is 12.4 Å². The fraction of sp³-hybridized carbons (Fsp3) is 0.550. The van der Waals surface area contributed by atoms with Gasteiger partial charge in [-0.1, -0.05) is 18.6 Å². The summed E-state index contributed by atoms with van der Waals surface area (Å²) < 4.78 is 13.0. The summed E-state index contributed by atoms with van der Waals surface area (Å²) in [6.07, 6.45) is 2.46. The molecule has 29 heavy (non-hydrogen) atoms. The highest BCUT2D eigenvalue weighted by Gasteiger charge is 2.54. The van der Waals surface area contributed by atoms with Gasteiger partial charge in [-0.05, 0) is 43.4 Å². The number of nitrogens with one attached hydrogen (secondary N) is 2. The number of fused-ring (bicyclic) bond motifs is 1. The molecule has 3 N–H and O–H groups in total. The van der Waals surface area contributed by atoms with Crippen LogP contribution in [0.2, 0.25) is 0 Å². The zero-order valence-electron chi connectivity index (χ0n) is 16.3. The van der Waals surface area contributed by atoms with Crippen LogP contribution in [0.25, 0.3) is 0 Å². The molecule has 1 saturated heterocycles. The molecule has 0 spiro atoms. The number of rotatable bonds is 7. The number of likely N-dealkylation sites (tertiary alicyclic amines) is 1. The number of hydrogen-bond donors (Lipinski definition) is 3. The normalized spacial score (nSPS) is 24.3. The summed E-state index contributed by atoms with van der Waals surface area (Å²) in [5.74, 6) is -1.66. The summed E-state index contributed by atoms with van der Waals surface area (Å²) in [7, 11) is 0. The summed E-state index contributed by atoms with van der Waals surface area (Å²) >= 11 is 0. The van der Waals surface area contributed by atoms with E-state index in [9.17, 15) is 23.9 Å². The van der Waals surface area contributed by atoms with Crippen molar-refractivity contribution in [2.45, 2.75) is 32.2 Å². The number of nitrogens with zero attached hydrogens (tertiary/aromatic N) is 1. The molecule has 0 radical (unpaired) electrons. The van der Waals surface area contributed by atoms with Gasteiger partial charge in [0, 0.05) is 13.1 Å². The Hall–Kier alpha value is -2.19. The van der Waals surface area contributed by atoms with Crippen molar-refractivity contribution in [3.8, 4) is 0 Å². The van der Waals surface area contributed by atoms with Crippen LogP contribution >= 0.6 is 12.4 Å². The standard InChI is InChI=1S/C20H26FN3O4.ClH/c1-13(14-4-6-16(21)7-5-14)23-17(25)9-22-18(26)11-24-10-15-3-2-8-20(15,12-24)19(27)28;/h4-7,13,15H,2-3,8-12H2,1H3,(H,22,26)(H,23,25)(H,27,28);1H/t13?,15-,20+;/m0./s1. The molecule has 1 aliphatic carbocycles. The van der Waals surface area contributed by atoms with Crippen LogP contribution in [0.3, 0.4) is 0 Å². The van der Waals surface area contributed by atoms with Crippen molar-refractivity contribution in [3.05, 3.63) is 35.6 Å². The molecular formula is C20H27ClFN3O4. The molecule has 1 unspecified atom stereocenters. The Morgan fingerprint density at radius 2 is 1.97 bits per heavy atom. The lowest BCUT2D eigenvalue weighted by Crippen LogP contribution is -2.43. The van der Waals surface area contributed by atoms with E-state index in [-0.39, 0.29) is 55.1 Å². The van der Waals surface area contributed by atoms with E-state index in [1.807, 2.05) is 4.90 Å². The molecule has 2 amide bonds. The number of carboxylic acids is 1. The molecule has 160 valence electrons. The summed E-state index contributed by atoms with van der Waals surface area (Å²) in [5.41, 5.74) is 0.0473. The van der Waals surface area contributed by atoms with Gasteiger partial charge in [0.15, 0.2) is 0 Å². The van der Waals surface area contributed by atoms with Crippen molar-refractivity contribution in [3.63, 3.8) is 0 Å². The third kappa shape index (κ3) is 5.25. The number of carboxylic acid groups (broad SMARTS) is 1. The lowest BCUT2D eigenvalue weighted by Gasteiger charge is -2.23. The molecule has 0 bridgehead atoms. The van der Waals surface area contributed by atoms with E-state index in [1.54, 1.807) is 19.1 Å². The second-order valence-corrected chi connectivity index (χ2v) is 7.84. The predicted octanol–water partition coefficient (Wildman–Crippen LogP) is 1.73. The van der Waals surface area contributed by atoms with Crippen LogP contribution in [0.4, 0.5) is 4.39 Å². The Morgan fingerprint density at radius 3 is 2.59 bits per heavy atom. The summed E-state index contributed by atoms with van der Waals surface area (Å²) in [6.45, 7) is 2.70. The molecule has 3 rings (SSSR count). The molecule has 1 saturated carbocycles. The first-order chi connectivity index (χ1) is 13.3. The van der Waals surface area contributed by atoms with Crippen molar-refractivity contribution in [2.24, 2.45) is 11.3 Å². The molecule has 2 aliphatic rings. The first kappa shape index (κ1) is 23.1. The van der Waals surface area contributed by atoms with Crippen molar-refractivity contribution >= 4 is 30.2 Å². The van der Waals surface area contributed by atoms with Crippen LogP contribution in [0.15, 0.2) is 24.3 Å². The van der Waals surface area contributed by atoms with Crippen LogP contribution in [-0.4, -0.2) is 54.0 Å². The highest BCUT2D eigenvalue weighted by molar-refractivity contribution is 5.86. The van der Waals surface area contributed by atoms with Crippen molar-refractivity contribution < 1.29 is 23.9 Å². The van der Waals surface area contributed by atoms with Gasteiger partial charge in [-0.2, -0.15) is 0 Å². The molecule has 1 aliphatic heterocycles. The summed E-state index contributed by atoms with van der Waals surface area (Å²) in [4.78, 5) is 37.8. The predicted molar refractivity (Wildman–Crippen MR) is 107 cm³/mol. The Labute approximate surface area is 175 Å². The lowest BCUT2D eigenvalue weighted by molar-refractivity contribution is -0.149. The molecular weight excluding hydrogens is 401 g/mol. The highest BCUT2D eigenvalue weighted by atomic mass is 35.5. The van der Waals surface area contributed by atoms with Crippen LogP contribution < -0.4 is 10.6 Å². The van der Waals surface area contributed by atoms with E-state index >= 15 is 0 Å². The van der Waals surface area contributed by atoms with Gasteiger partial charge >= 0.3 is 5.97 Å². The molecule has 1 aromatic rings. The average molecular weight is 428 g/mol. The topological polar surface area (TPSA) is 98.7 Å². The molecule has 0 aromatic heterocycles. The molecule has 3 atom stereocenters. The first-order valence-corrected chi connectivity index (χ1v) is 9.57. The number of carbonyl (C=O) groups is 3. The van der Waals surface area contributed by atoms with Crippen molar-refractivity contribution in [1.29, 1.82) is 0 Å². The molecule has 1 aromatic carbocycles. The maximum absolute atomic E-state index is 13.0. The number of hydrogen-bond acceptors (Lipinski definition) is 4. The largest absolute Gasteiger partial charge is 0.481 e. The van der Waals surface area contributed by atoms with Gasteiger partial charge in [-0.25, -0.2) is 4.39 Å². The Bertz CT molecular complexity index is 761. The maximum Gasteiger partial charge on any atom is 0.311 e. The van der Waals surface area contributed by atoms with E-state index in [4.69, 9.17) is 0 Å². The second kappa shape index (κ2) is 9.54. The monoisotopic (exact) mass is 427 g/mol. The molecule has 9 heteroatoms. The lowest BCUT2D eigenvalue weighted by atomic mass is 9.81. The van der Waals surface area contributed by atoms with Gasteiger partial charge in [0.2, 0.25) is 11.8 Å². The minimum atomic E-state index is -0.771. The van der Waals surface area contributed by atoms with Gasteiger partial charge in [0.05, 0.1) is 24.5 Å². The maximum atomic E-state index is 13.0. The van der Waals surface area contributed by atoms with Crippen LogP contribution in [-0.2, 0) is 14.4 Å². The van der Waals surface area contributed by atoms with E-state index in [2.05, 4.69) is 10.6 Å². The number of benzene rings is 1. The van der Waals surface area contributed by atoms with E-state index in [0.29, 0.717) is 19.5 Å². The Morgan fingerprint density at radius 1 is 1.28 bits per heavy atom. The molecule has 7 nitrogen and oxygen atoms in total. The fourth-order valence-electron chi connectivity index (χ4n) is 4.43. The van der Waals surface area contributed by atoms with Crippen LogP contribution in [0.1, 0.15) is 37.8 Å². The van der Waals surface area contributed by atoms with Crippen LogP contribution in [0, 0.1) is 17.2 Å². The minimum absolute atomic E-state index is 0. The van der Waals surface area contributed by atoms with Gasteiger partial charge < -0.3 is 15.7 Å². The second-order valence-electron chi connectivity index (χ2n) is 7.84. The first-order valence-electron chi connectivity index (χ1n) is 9.57. The van der Waals surface area contributed by atoms with Gasteiger partial charge in [-0.3, -0.25) is 19.3 Å². The van der Waals surface area contributed by atoms with E-state index in [1.165, 1.54) is 12.1 Å². The quantitative estimate of drug-likeness (QED) is 0.615. The van der Waals surface area contributed by atoms with E-state index < -0.39 is 11.4 Å². The third-order valence-corrected chi connectivity index (χ3v) is 5.93.